The molecule has 0 aliphatic carbocycles. The summed E-state index contributed by atoms with van der Waals surface area (Å²) in [6.45, 7) is 9.69. The van der Waals surface area contributed by atoms with E-state index in [1.54, 1.807) is 0 Å². The molecule has 0 radical (unpaired) electrons. The molecule has 1 atom stereocenters. The van der Waals surface area contributed by atoms with Crippen LogP contribution in [0.1, 0.15) is 52.7 Å². The van der Waals surface area contributed by atoms with Gasteiger partial charge < -0.3 is 4.74 Å². The highest BCUT2D eigenvalue weighted by molar-refractivity contribution is 9.10. The molecule has 1 aromatic carbocycles. The Kier molecular flexibility index (Phi) is 8.73. The summed E-state index contributed by atoms with van der Waals surface area (Å²) in [7, 11) is 0. The van der Waals surface area contributed by atoms with Crippen molar-refractivity contribution in [1.82, 2.24) is 0 Å². The first-order chi connectivity index (χ1) is 8.49. The topological polar surface area (TPSA) is 26.3 Å². The molecule has 0 heterocycles. The molecule has 102 valence electrons. The van der Waals surface area contributed by atoms with Gasteiger partial charge in [0.25, 0.3) is 0 Å². The van der Waals surface area contributed by atoms with Crippen molar-refractivity contribution >= 4 is 21.9 Å². The zero-order chi connectivity index (χ0) is 14.1. The number of rotatable bonds is 4. The maximum Gasteiger partial charge on any atom is 0.303 e. The number of benzene rings is 1. The molecule has 1 rings (SSSR count). The summed E-state index contributed by atoms with van der Waals surface area (Å²) in [6, 6.07) is 7.90. The lowest BCUT2D eigenvalue weighted by molar-refractivity contribution is -0.147. The van der Waals surface area contributed by atoms with Crippen LogP contribution < -0.4 is 0 Å². The molecule has 3 heteroatoms. The Morgan fingerprint density at radius 3 is 2.39 bits per heavy atom. The molecular weight excluding hydrogens is 292 g/mol. The maximum absolute atomic E-state index is 11.1. The predicted octanol–water partition coefficient (Wildman–Crippen LogP) is 5.13. The first-order valence-electron chi connectivity index (χ1n) is 6.41. The first kappa shape index (κ1) is 17.2. The van der Waals surface area contributed by atoms with Crippen LogP contribution in [-0.4, -0.2) is 5.97 Å². The van der Waals surface area contributed by atoms with Crippen molar-refractivity contribution in [1.29, 1.82) is 0 Å². The lowest BCUT2D eigenvalue weighted by Gasteiger charge is -2.19. The predicted molar refractivity (Wildman–Crippen MR) is 79.5 cm³/mol. The van der Waals surface area contributed by atoms with E-state index in [0.717, 1.165) is 16.5 Å². The average Bonchev–Trinajstić information content (AvgIpc) is 2.29. The van der Waals surface area contributed by atoms with Crippen LogP contribution in [0.15, 0.2) is 28.7 Å². The lowest BCUT2D eigenvalue weighted by atomic mass is 9.99. The van der Waals surface area contributed by atoms with Crippen LogP contribution in [0.4, 0.5) is 0 Å². The minimum Gasteiger partial charge on any atom is -0.458 e. The summed E-state index contributed by atoms with van der Waals surface area (Å²) in [6.07, 6.45) is 0.700. The fraction of sp³-hybridized carbons (Fsp3) is 0.533. The lowest BCUT2D eigenvalue weighted by Crippen LogP contribution is -2.11. The minimum absolute atomic E-state index is 0.144. The SMILES string of the molecule is CC.CC(=O)OC(CC(C)C)c1cccc(Br)c1. The quantitative estimate of drug-likeness (QED) is 0.720. The van der Waals surface area contributed by atoms with Crippen LogP contribution in [0.2, 0.25) is 0 Å². The number of carbonyl (C=O) groups is 1. The monoisotopic (exact) mass is 314 g/mol. The van der Waals surface area contributed by atoms with E-state index in [2.05, 4.69) is 29.8 Å². The Balaban J connectivity index is 0.00000137. The van der Waals surface area contributed by atoms with E-state index in [9.17, 15) is 4.79 Å². The van der Waals surface area contributed by atoms with Gasteiger partial charge in [-0.15, -0.1) is 0 Å². The van der Waals surface area contributed by atoms with Crippen LogP contribution in [0, 0.1) is 5.92 Å². The Bertz CT molecular complexity index is 361. The van der Waals surface area contributed by atoms with Gasteiger partial charge in [-0.2, -0.15) is 0 Å². The van der Waals surface area contributed by atoms with Gasteiger partial charge in [-0.05, 0) is 30.0 Å². The van der Waals surface area contributed by atoms with Gasteiger partial charge in [-0.1, -0.05) is 55.8 Å². The highest BCUT2D eigenvalue weighted by Crippen LogP contribution is 2.27. The van der Waals surface area contributed by atoms with E-state index >= 15 is 0 Å². The molecule has 2 nitrogen and oxygen atoms in total. The summed E-state index contributed by atoms with van der Waals surface area (Å²) in [5.41, 5.74) is 1.04. The second kappa shape index (κ2) is 9.15. The van der Waals surface area contributed by atoms with E-state index in [4.69, 9.17) is 4.74 Å². The molecular formula is C15H23BrO2. The summed E-state index contributed by atoms with van der Waals surface area (Å²) in [5, 5.41) is 0. The third kappa shape index (κ3) is 6.80. The summed E-state index contributed by atoms with van der Waals surface area (Å²) in [4.78, 5) is 11.1. The van der Waals surface area contributed by atoms with Crippen molar-refractivity contribution in [3.05, 3.63) is 34.3 Å². The van der Waals surface area contributed by atoms with Crippen LogP contribution in [0.5, 0.6) is 0 Å². The van der Waals surface area contributed by atoms with E-state index in [1.165, 1.54) is 6.92 Å². The van der Waals surface area contributed by atoms with Crippen molar-refractivity contribution in [2.75, 3.05) is 0 Å². The van der Waals surface area contributed by atoms with Crippen LogP contribution in [0.25, 0.3) is 0 Å². The number of carbonyl (C=O) groups excluding carboxylic acids is 1. The van der Waals surface area contributed by atoms with E-state index in [0.29, 0.717) is 5.92 Å². The van der Waals surface area contributed by atoms with Gasteiger partial charge in [0.05, 0.1) is 0 Å². The minimum atomic E-state index is -0.231. The van der Waals surface area contributed by atoms with Crippen molar-refractivity contribution < 1.29 is 9.53 Å². The summed E-state index contributed by atoms with van der Waals surface area (Å²) < 4.78 is 6.35. The third-order valence-corrected chi connectivity index (χ3v) is 2.71. The van der Waals surface area contributed by atoms with Gasteiger partial charge in [0, 0.05) is 11.4 Å². The van der Waals surface area contributed by atoms with E-state index in [1.807, 2.05) is 38.1 Å². The Morgan fingerprint density at radius 1 is 1.33 bits per heavy atom. The third-order valence-electron chi connectivity index (χ3n) is 2.21. The van der Waals surface area contributed by atoms with Crippen molar-refractivity contribution in [3.63, 3.8) is 0 Å². The van der Waals surface area contributed by atoms with Crippen LogP contribution in [0.3, 0.4) is 0 Å². The Labute approximate surface area is 119 Å². The number of hydrogen-bond donors (Lipinski definition) is 0. The fourth-order valence-corrected chi connectivity index (χ4v) is 2.00. The second-order valence-corrected chi connectivity index (χ2v) is 5.20. The molecule has 0 N–H and O–H groups in total. The Morgan fingerprint density at radius 2 is 1.94 bits per heavy atom. The highest BCUT2D eigenvalue weighted by atomic mass is 79.9. The average molecular weight is 315 g/mol. The molecule has 0 spiro atoms. The van der Waals surface area contributed by atoms with Gasteiger partial charge >= 0.3 is 5.97 Å². The van der Waals surface area contributed by atoms with Gasteiger partial charge in [0.2, 0.25) is 0 Å². The van der Waals surface area contributed by atoms with Crippen molar-refractivity contribution in [3.8, 4) is 0 Å². The number of halogens is 1. The summed E-state index contributed by atoms with van der Waals surface area (Å²) >= 11 is 3.42. The number of ether oxygens (including phenoxy) is 1. The van der Waals surface area contributed by atoms with Gasteiger partial charge in [0.1, 0.15) is 6.10 Å². The smallest absolute Gasteiger partial charge is 0.303 e. The molecule has 0 aromatic heterocycles. The molecule has 1 unspecified atom stereocenters. The maximum atomic E-state index is 11.1. The zero-order valence-corrected chi connectivity index (χ0v) is 13.5. The normalized spacial score (nSPS) is 11.5. The molecule has 18 heavy (non-hydrogen) atoms. The molecule has 0 aliphatic heterocycles. The highest BCUT2D eigenvalue weighted by Gasteiger charge is 2.16. The Hall–Kier alpha value is -0.830. The molecule has 0 saturated carbocycles. The van der Waals surface area contributed by atoms with Gasteiger partial charge in [-0.3, -0.25) is 4.79 Å². The van der Waals surface area contributed by atoms with Crippen molar-refractivity contribution in [2.24, 2.45) is 5.92 Å². The fourth-order valence-electron chi connectivity index (χ4n) is 1.59. The first-order valence-corrected chi connectivity index (χ1v) is 7.21. The number of hydrogen-bond acceptors (Lipinski definition) is 2. The van der Waals surface area contributed by atoms with E-state index < -0.39 is 0 Å². The van der Waals surface area contributed by atoms with Gasteiger partial charge in [-0.25, -0.2) is 0 Å². The zero-order valence-electron chi connectivity index (χ0n) is 11.9. The van der Waals surface area contributed by atoms with Crippen LogP contribution in [-0.2, 0) is 9.53 Å². The molecule has 1 aromatic rings. The van der Waals surface area contributed by atoms with Crippen LogP contribution >= 0.6 is 15.9 Å². The number of esters is 1. The second-order valence-electron chi connectivity index (χ2n) is 4.28. The molecule has 0 aliphatic rings. The molecule has 0 bridgehead atoms. The van der Waals surface area contributed by atoms with Gasteiger partial charge in [0.15, 0.2) is 0 Å². The molecule has 0 amide bonds. The standard InChI is InChI=1S/C13H17BrO2.C2H6/c1-9(2)7-13(16-10(3)15)11-5-4-6-12(14)8-11;1-2/h4-6,8-9,13H,7H2,1-3H3;1-2H3. The van der Waals surface area contributed by atoms with Crippen molar-refractivity contribution in [2.45, 2.75) is 47.1 Å². The molecule has 0 saturated heterocycles. The summed E-state index contributed by atoms with van der Waals surface area (Å²) in [5.74, 6) is 0.258. The molecule has 0 fully saturated rings. The largest absolute Gasteiger partial charge is 0.458 e. The van der Waals surface area contributed by atoms with E-state index in [-0.39, 0.29) is 12.1 Å².